The third-order valence-electron chi connectivity index (χ3n) is 2.44. The van der Waals surface area contributed by atoms with E-state index in [0.717, 1.165) is 12.1 Å². The second kappa shape index (κ2) is 6.14. The highest BCUT2D eigenvalue weighted by molar-refractivity contribution is 6.09. The first kappa shape index (κ1) is 14.7. The summed E-state index contributed by atoms with van der Waals surface area (Å²) in [4.78, 5) is 11.7. The Bertz CT molecular complexity index is 677. The van der Waals surface area contributed by atoms with Crippen LogP contribution in [0.4, 0.5) is 13.2 Å². The summed E-state index contributed by atoms with van der Waals surface area (Å²) in [5.41, 5.74) is 0.885. The van der Waals surface area contributed by atoms with Crippen LogP contribution in [-0.4, -0.2) is 12.1 Å². The molecule has 0 amide bonds. The fourth-order valence-electron chi connectivity index (χ4n) is 1.53. The lowest BCUT2D eigenvalue weighted by atomic mass is 10.1. The summed E-state index contributed by atoms with van der Waals surface area (Å²) < 4.78 is 39.7. The average Bonchev–Trinajstić information content (AvgIpc) is 2.45. The van der Waals surface area contributed by atoms with Crippen molar-refractivity contribution < 1.29 is 22.7 Å². The van der Waals surface area contributed by atoms with Crippen LogP contribution in [0.1, 0.15) is 15.9 Å². The van der Waals surface area contributed by atoms with Gasteiger partial charge >= 0.3 is 6.36 Å². The van der Waals surface area contributed by atoms with Crippen LogP contribution in [0.15, 0.2) is 54.6 Å². The minimum Gasteiger partial charge on any atom is -0.406 e. The highest BCUT2D eigenvalue weighted by atomic mass is 19.4. The van der Waals surface area contributed by atoms with Gasteiger partial charge < -0.3 is 4.74 Å². The van der Waals surface area contributed by atoms with Crippen LogP contribution in [0.5, 0.6) is 5.75 Å². The van der Waals surface area contributed by atoms with E-state index in [1.54, 1.807) is 30.3 Å². The largest absolute Gasteiger partial charge is 0.573 e. The summed E-state index contributed by atoms with van der Waals surface area (Å²) >= 11 is 0. The first-order chi connectivity index (χ1) is 9.94. The van der Waals surface area contributed by atoms with Crippen molar-refractivity contribution in [1.29, 1.82) is 0 Å². The zero-order valence-electron chi connectivity index (χ0n) is 10.6. The lowest BCUT2D eigenvalue weighted by molar-refractivity contribution is -0.274. The van der Waals surface area contributed by atoms with Crippen LogP contribution in [0.25, 0.3) is 0 Å². The summed E-state index contributed by atoms with van der Waals surface area (Å²) in [6.45, 7) is 0. The molecule has 0 atom stereocenters. The summed E-state index contributed by atoms with van der Waals surface area (Å²) in [7, 11) is 0. The van der Waals surface area contributed by atoms with E-state index in [0.29, 0.717) is 11.1 Å². The van der Waals surface area contributed by atoms with Crippen LogP contribution < -0.4 is 4.74 Å². The minimum absolute atomic E-state index is 0.331. The number of benzene rings is 2. The molecule has 0 saturated carbocycles. The van der Waals surface area contributed by atoms with E-state index < -0.39 is 6.36 Å². The molecule has 2 rings (SSSR count). The number of Topliss-reactive ketones (excluding diaryl/α,β-unsaturated/α-hetero) is 1. The van der Waals surface area contributed by atoms with Gasteiger partial charge in [-0.25, -0.2) is 0 Å². The Hall–Kier alpha value is -2.74. The number of carbonyl (C=O) groups is 1. The van der Waals surface area contributed by atoms with Gasteiger partial charge in [0.1, 0.15) is 5.75 Å². The van der Waals surface area contributed by atoms with Gasteiger partial charge in [0.15, 0.2) is 0 Å². The van der Waals surface area contributed by atoms with Gasteiger partial charge in [0.05, 0.1) is 0 Å². The number of ether oxygens (including phenoxy) is 1. The van der Waals surface area contributed by atoms with Gasteiger partial charge in [0, 0.05) is 11.1 Å². The number of carbonyl (C=O) groups excluding carboxylic acids is 1. The molecule has 21 heavy (non-hydrogen) atoms. The highest BCUT2D eigenvalue weighted by Gasteiger charge is 2.30. The smallest absolute Gasteiger partial charge is 0.406 e. The van der Waals surface area contributed by atoms with E-state index in [1.165, 1.54) is 12.1 Å². The third kappa shape index (κ3) is 4.69. The van der Waals surface area contributed by atoms with Gasteiger partial charge in [-0.2, -0.15) is 0 Å². The predicted octanol–water partition coefficient (Wildman–Crippen LogP) is 3.82. The Morgan fingerprint density at radius 3 is 2.14 bits per heavy atom. The highest BCUT2D eigenvalue weighted by Crippen LogP contribution is 2.22. The standard InChI is InChI=1S/C16H9F3O2/c17-16(18,19)21-14-9-6-12(7-10-14)8-11-15(20)13-4-2-1-3-5-13/h1-7,9-10H. The number of hydrogen-bond acceptors (Lipinski definition) is 2. The van der Waals surface area contributed by atoms with Gasteiger partial charge in [-0.3, -0.25) is 4.79 Å². The molecule has 0 bridgehead atoms. The van der Waals surface area contributed by atoms with E-state index in [4.69, 9.17) is 0 Å². The van der Waals surface area contributed by atoms with Gasteiger partial charge in [-0.05, 0) is 30.2 Å². The molecule has 0 aromatic heterocycles. The van der Waals surface area contributed by atoms with Crippen molar-refractivity contribution in [3.63, 3.8) is 0 Å². The van der Waals surface area contributed by atoms with Gasteiger partial charge in [-0.15, -0.1) is 13.2 Å². The van der Waals surface area contributed by atoms with E-state index in [2.05, 4.69) is 16.6 Å². The molecule has 5 heteroatoms. The lowest BCUT2D eigenvalue weighted by Crippen LogP contribution is -2.16. The second-order valence-electron chi connectivity index (χ2n) is 4.02. The summed E-state index contributed by atoms with van der Waals surface area (Å²) in [5, 5.41) is 0. The van der Waals surface area contributed by atoms with Gasteiger partial charge in [0.2, 0.25) is 5.78 Å². The average molecular weight is 290 g/mol. The van der Waals surface area contributed by atoms with Gasteiger partial charge in [-0.1, -0.05) is 36.3 Å². The number of ketones is 1. The fourth-order valence-corrected chi connectivity index (χ4v) is 1.53. The molecule has 0 heterocycles. The van der Waals surface area contributed by atoms with Crippen molar-refractivity contribution in [3.05, 3.63) is 65.7 Å². The molecule has 0 fully saturated rings. The van der Waals surface area contributed by atoms with E-state index in [-0.39, 0.29) is 11.5 Å². The molecule has 0 spiro atoms. The van der Waals surface area contributed by atoms with Crippen LogP contribution in [0.2, 0.25) is 0 Å². The van der Waals surface area contributed by atoms with Crippen molar-refractivity contribution in [2.45, 2.75) is 6.36 Å². The van der Waals surface area contributed by atoms with E-state index >= 15 is 0 Å². The van der Waals surface area contributed by atoms with Crippen molar-refractivity contribution >= 4 is 5.78 Å². The lowest BCUT2D eigenvalue weighted by Gasteiger charge is -2.07. The molecule has 0 saturated heterocycles. The number of hydrogen-bond donors (Lipinski definition) is 0. The Kier molecular flexibility index (Phi) is 4.29. The Morgan fingerprint density at radius 1 is 0.952 bits per heavy atom. The molecule has 0 aliphatic carbocycles. The molecule has 0 radical (unpaired) electrons. The molecule has 2 aromatic rings. The molecule has 0 aliphatic heterocycles. The third-order valence-corrected chi connectivity index (χ3v) is 2.44. The number of rotatable bonds is 2. The molecular weight excluding hydrogens is 281 g/mol. The molecule has 2 aromatic carbocycles. The molecular formula is C16H9F3O2. The maximum Gasteiger partial charge on any atom is 0.573 e. The maximum absolute atomic E-state index is 12.0. The Labute approximate surface area is 119 Å². The summed E-state index contributed by atoms with van der Waals surface area (Å²) in [5.74, 6) is 4.34. The Balaban J connectivity index is 2.08. The quantitative estimate of drug-likeness (QED) is 0.621. The molecule has 106 valence electrons. The zero-order valence-corrected chi connectivity index (χ0v) is 10.6. The first-order valence-corrected chi connectivity index (χ1v) is 5.91. The predicted molar refractivity (Wildman–Crippen MR) is 70.8 cm³/mol. The zero-order chi connectivity index (χ0) is 15.3. The second-order valence-corrected chi connectivity index (χ2v) is 4.02. The van der Waals surface area contributed by atoms with Crippen molar-refractivity contribution in [2.75, 3.05) is 0 Å². The van der Waals surface area contributed by atoms with Crippen molar-refractivity contribution in [1.82, 2.24) is 0 Å². The van der Waals surface area contributed by atoms with Crippen molar-refractivity contribution in [2.24, 2.45) is 0 Å². The molecule has 0 unspecified atom stereocenters. The van der Waals surface area contributed by atoms with E-state index in [9.17, 15) is 18.0 Å². The van der Waals surface area contributed by atoms with Crippen LogP contribution in [0, 0.1) is 11.8 Å². The first-order valence-electron chi connectivity index (χ1n) is 5.91. The van der Waals surface area contributed by atoms with Crippen molar-refractivity contribution in [3.8, 4) is 17.6 Å². The summed E-state index contributed by atoms with van der Waals surface area (Å²) in [6, 6.07) is 13.5. The van der Waals surface area contributed by atoms with E-state index in [1.807, 2.05) is 0 Å². The van der Waals surface area contributed by atoms with Crippen LogP contribution >= 0.6 is 0 Å². The SMILES string of the molecule is O=C(C#Cc1ccc(OC(F)(F)F)cc1)c1ccccc1. The number of alkyl halides is 3. The summed E-state index contributed by atoms with van der Waals surface area (Å²) in [6.07, 6.45) is -4.73. The molecule has 2 nitrogen and oxygen atoms in total. The molecule has 0 aliphatic rings. The number of halogens is 3. The van der Waals surface area contributed by atoms with Crippen LogP contribution in [0.3, 0.4) is 0 Å². The Morgan fingerprint density at radius 2 is 1.57 bits per heavy atom. The normalized spacial score (nSPS) is 10.4. The molecule has 0 N–H and O–H groups in total. The monoisotopic (exact) mass is 290 g/mol. The van der Waals surface area contributed by atoms with Crippen LogP contribution in [-0.2, 0) is 0 Å². The minimum atomic E-state index is -4.73. The maximum atomic E-state index is 12.0. The topological polar surface area (TPSA) is 26.3 Å². The fraction of sp³-hybridized carbons (Fsp3) is 0.0625. The van der Waals surface area contributed by atoms with Gasteiger partial charge in [0.25, 0.3) is 0 Å².